The third-order valence-corrected chi connectivity index (χ3v) is 7.53. The molecule has 8 heteroatoms. The maximum absolute atomic E-state index is 13.2. The summed E-state index contributed by atoms with van der Waals surface area (Å²) in [7, 11) is -2.35. The fourth-order valence-electron chi connectivity index (χ4n) is 3.84. The Kier molecular flexibility index (Phi) is 11.2. The van der Waals surface area contributed by atoms with Gasteiger partial charge in [0.25, 0.3) is 0 Å². The van der Waals surface area contributed by atoms with Gasteiger partial charge >= 0.3 is 0 Å². The van der Waals surface area contributed by atoms with Gasteiger partial charge in [0, 0.05) is 13.0 Å². The average molecular weight is 505 g/mol. The van der Waals surface area contributed by atoms with Crippen molar-refractivity contribution in [2.75, 3.05) is 13.7 Å². The predicted molar refractivity (Wildman–Crippen MR) is 139 cm³/mol. The molecule has 0 aliphatic heterocycles. The number of nitrogens with one attached hydrogen (secondary N) is 2. The molecule has 2 rings (SSSR count). The highest BCUT2D eigenvalue weighted by molar-refractivity contribution is 7.89. The molecule has 194 valence electrons. The smallest absolute Gasteiger partial charge is 0.240 e. The topological polar surface area (TPSA) is 105 Å². The number of rotatable bonds is 14. The lowest BCUT2D eigenvalue weighted by Gasteiger charge is -2.25. The summed E-state index contributed by atoms with van der Waals surface area (Å²) in [6.45, 7) is 7.83. The Morgan fingerprint density at radius 3 is 2.34 bits per heavy atom. The van der Waals surface area contributed by atoms with E-state index in [9.17, 15) is 18.3 Å². The number of benzene rings is 2. The number of hydrogen-bond donors (Lipinski definition) is 3. The van der Waals surface area contributed by atoms with Gasteiger partial charge in [0.15, 0.2) is 0 Å². The lowest BCUT2D eigenvalue weighted by molar-refractivity contribution is -0.123. The van der Waals surface area contributed by atoms with Gasteiger partial charge in [-0.15, -0.1) is 0 Å². The molecule has 0 heterocycles. The van der Waals surface area contributed by atoms with Crippen LogP contribution in [0.25, 0.3) is 0 Å². The predicted octanol–water partition coefficient (Wildman–Crippen LogP) is 3.70. The van der Waals surface area contributed by atoms with Crippen molar-refractivity contribution in [2.24, 2.45) is 11.8 Å². The van der Waals surface area contributed by atoms with E-state index in [1.807, 2.05) is 58.0 Å². The Morgan fingerprint density at radius 2 is 1.74 bits per heavy atom. The lowest BCUT2D eigenvalue weighted by Crippen LogP contribution is -2.49. The molecule has 0 radical (unpaired) electrons. The van der Waals surface area contributed by atoms with Crippen LogP contribution in [-0.2, 0) is 27.7 Å². The highest BCUT2D eigenvalue weighted by Crippen LogP contribution is 2.24. The molecule has 0 saturated carbocycles. The van der Waals surface area contributed by atoms with Crippen molar-refractivity contribution < 1.29 is 23.1 Å². The van der Waals surface area contributed by atoms with E-state index in [2.05, 4.69) is 10.0 Å². The number of methoxy groups -OCH3 is 1. The third kappa shape index (κ3) is 9.28. The quantitative estimate of drug-likeness (QED) is 0.364. The van der Waals surface area contributed by atoms with Crippen molar-refractivity contribution in [1.82, 2.24) is 10.0 Å². The number of hydrogen-bond acceptors (Lipinski definition) is 5. The van der Waals surface area contributed by atoms with E-state index in [1.165, 1.54) is 6.07 Å². The number of aliphatic hydroxyl groups is 1. The first-order valence-electron chi connectivity index (χ1n) is 12.2. The zero-order valence-electron chi connectivity index (χ0n) is 21.5. The molecular weight excluding hydrogens is 464 g/mol. The summed E-state index contributed by atoms with van der Waals surface area (Å²) >= 11 is 0. The van der Waals surface area contributed by atoms with Crippen LogP contribution >= 0.6 is 0 Å². The standard InChI is InChI=1S/C27H40N2O5S/c1-6-20(4)15-27(31)29-24(16-21-10-8-7-9-11-21)25(30)18-28-35(32,33)26-13-12-23(34-5)17-22(26)14-19(2)3/h7-13,17,19-20,24-25,28,30H,6,14-16,18H2,1-5H3,(H,29,31)/t20?,24-,25+/m0/s1. The van der Waals surface area contributed by atoms with Crippen LogP contribution in [0, 0.1) is 11.8 Å². The lowest BCUT2D eigenvalue weighted by atomic mass is 9.99. The molecule has 0 fully saturated rings. The molecular formula is C27H40N2O5S. The van der Waals surface area contributed by atoms with E-state index >= 15 is 0 Å². The first-order valence-corrected chi connectivity index (χ1v) is 13.7. The summed E-state index contributed by atoms with van der Waals surface area (Å²) in [6.07, 6.45) is 1.07. The molecule has 0 aliphatic rings. The molecule has 35 heavy (non-hydrogen) atoms. The second kappa shape index (κ2) is 13.6. The van der Waals surface area contributed by atoms with Gasteiger partial charge in [-0.1, -0.05) is 64.4 Å². The van der Waals surface area contributed by atoms with Crippen LogP contribution in [0.2, 0.25) is 0 Å². The van der Waals surface area contributed by atoms with Gasteiger partial charge < -0.3 is 15.2 Å². The van der Waals surface area contributed by atoms with Crippen LogP contribution in [0.5, 0.6) is 5.75 Å². The summed E-state index contributed by atoms with van der Waals surface area (Å²) in [5.74, 6) is 0.901. The van der Waals surface area contributed by atoms with Gasteiger partial charge in [-0.05, 0) is 54.0 Å². The van der Waals surface area contributed by atoms with E-state index in [0.717, 1.165) is 12.0 Å². The molecule has 1 amide bonds. The van der Waals surface area contributed by atoms with Gasteiger partial charge in [-0.25, -0.2) is 13.1 Å². The highest BCUT2D eigenvalue weighted by atomic mass is 32.2. The fourth-order valence-corrected chi connectivity index (χ4v) is 5.12. The summed E-state index contributed by atoms with van der Waals surface area (Å²) in [6, 6.07) is 13.8. The maximum atomic E-state index is 13.2. The number of aliphatic hydroxyl groups excluding tert-OH is 1. The van der Waals surface area contributed by atoms with Gasteiger partial charge in [0.1, 0.15) is 5.75 Å². The van der Waals surface area contributed by atoms with Gasteiger partial charge in [-0.2, -0.15) is 0 Å². The molecule has 0 saturated heterocycles. The molecule has 2 aromatic carbocycles. The first-order chi connectivity index (χ1) is 16.6. The van der Waals surface area contributed by atoms with Crippen molar-refractivity contribution in [1.29, 1.82) is 0 Å². The Bertz CT molecular complexity index is 1040. The summed E-state index contributed by atoms with van der Waals surface area (Å²) in [5.41, 5.74) is 1.60. The summed E-state index contributed by atoms with van der Waals surface area (Å²) in [5, 5.41) is 13.9. The first kappa shape index (κ1) is 28.8. The van der Waals surface area contributed by atoms with Crippen molar-refractivity contribution >= 4 is 15.9 Å². The average Bonchev–Trinajstić information content (AvgIpc) is 2.82. The fraction of sp³-hybridized carbons (Fsp3) is 0.519. The molecule has 3 N–H and O–H groups in total. The number of carbonyl (C=O) groups excluding carboxylic acids is 1. The Morgan fingerprint density at radius 1 is 1.06 bits per heavy atom. The normalized spacial score (nSPS) is 14.4. The molecule has 0 aliphatic carbocycles. The minimum atomic E-state index is -3.89. The minimum Gasteiger partial charge on any atom is -0.497 e. The van der Waals surface area contributed by atoms with Crippen molar-refractivity contribution in [2.45, 2.75) is 70.4 Å². The van der Waals surface area contributed by atoms with Crippen LogP contribution < -0.4 is 14.8 Å². The van der Waals surface area contributed by atoms with Crippen LogP contribution in [-0.4, -0.2) is 45.2 Å². The molecule has 1 unspecified atom stereocenters. The van der Waals surface area contributed by atoms with Crippen molar-refractivity contribution in [3.63, 3.8) is 0 Å². The van der Waals surface area contributed by atoms with Crippen LogP contribution in [0.3, 0.4) is 0 Å². The monoisotopic (exact) mass is 504 g/mol. The molecule has 0 aromatic heterocycles. The third-order valence-electron chi connectivity index (χ3n) is 6.01. The van der Waals surface area contributed by atoms with E-state index in [1.54, 1.807) is 19.2 Å². The molecule has 3 atom stereocenters. The highest BCUT2D eigenvalue weighted by Gasteiger charge is 2.26. The number of ether oxygens (including phenoxy) is 1. The maximum Gasteiger partial charge on any atom is 0.240 e. The Hall–Kier alpha value is -2.42. The molecule has 0 spiro atoms. The minimum absolute atomic E-state index is 0.156. The van der Waals surface area contributed by atoms with Gasteiger partial charge in [0.05, 0.1) is 24.2 Å². The number of carbonyl (C=O) groups is 1. The summed E-state index contributed by atoms with van der Waals surface area (Å²) in [4.78, 5) is 12.7. The molecule has 0 bridgehead atoms. The second-order valence-corrected chi connectivity index (χ2v) is 11.3. The van der Waals surface area contributed by atoms with E-state index in [-0.39, 0.29) is 29.2 Å². The number of amides is 1. The second-order valence-electron chi connectivity index (χ2n) is 9.57. The van der Waals surface area contributed by atoms with Crippen molar-refractivity contribution in [3.8, 4) is 5.75 Å². The van der Waals surface area contributed by atoms with Gasteiger partial charge in [0.2, 0.25) is 15.9 Å². The Balaban J connectivity index is 2.19. The SMILES string of the molecule is CCC(C)CC(=O)N[C@@H](Cc1ccccc1)[C@H](O)CNS(=O)(=O)c1ccc(OC)cc1CC(C)C. The number of sulfonamides is 1. The van der Waals surface area contributed by atoms with Gasteiger partial charge in [-0.3, -0.25) is 4.79 Å². The molecule has 2 aromatic rings. The zero-order chi connectivity index (χ0) is 26.0. The van der Waals surface area contributed by atoms with Crippen molar-refractivity contribution in [3.05, 3.63) is 59.7 Å². The largest absolute Gasteiger partial charge is 0.497 e. The molecule has 7 nitrogen and oxygen atoms in total. The van der Waals surface area contributed by atoms with E-state index < -0.39 is 22.2 Å². The van der Waals surface area contributed by atoms with Crippen LogP contribution in [0.15, 0.2) is 53.4 Å². The van der Waals surface area contributed by atoms with Crippen LogP contribution in [0.4, 0.5) is 0 Å². The van der Waals surface area contributed by atoms with Crippen LogP contribution in [0.1, 0.15) is 51.7 Å². The summed E-state index contributed by atoms with van der Waals surface area (Å²) < 4.78 is 34.2. The Labute approximate surface area is 210 Å². The van der Waals surface area contributed by atoms with E-state index in [4.69, 9.17) is 4.74 Å². The van der Waals surface area contributed by atoms with E-state index in [0.29, 0.717) is 30.6 Å². The zero-order valence-corrected chi connectivity index (χ0v) is 22.3.